The van der Waals surface area contributed by atoms with Gasteiger partial charge < -0.3 is 15.2 Å². The molecule has 1 fully saturated rings. The normalized spacial score (nSPS) is 22.1. The van der Waals surface area contributed by atoms with Crippen molar-refractivity contribution in [1.82, 2.24) is 4.90 Å². The van der Waals surface area contributed by atoms with Gasteiger partial charge in [-0.15, -0.1) is 0 Å². The summed E-state index contributed by atoms with van der Waals surface area (Å²) in [6, 6.07) is 7.45. The maximum Gasteiger partial charge on any atom is 0.248 e. The Kier molecular flexibility index (Phi) is 4.98. The minimum atomic E-state index is -0.394. The highest BCUT2D eigenvalue weighted by Gasteiger charge is 2.33. The van der Waals surface area contributed by atoms with E-state index in [1.807, 2.05) is 12.1 Å². The first-order valence-corrected chi connectivity index (χ1v) is 7.17. The van der Waals surface area contributed by atoms with E-state index >= 15 is 0 Å². The lowest BCUT2D eigenvalue weighted by molar-refractivity contribution is -0.154. The predicted octanol–water partition coefficient (Wildman–Crippen LogP) is 1.41. The molecule has 1 aliphatic heterocycles. The maximum atomic E-state index is 11.1. The van der Waals surface area contributed by atoms with Crippen LogP contribution in [-0.2, 0) is 16.0 Å². The summed E-state index contributed by atoms with van der Waals surface area (Å²) < 4.78 is 11.2. The lowest BCUT2D eigenvalue weighted by Gasteiger charge is -2.42. The highest BCUT2D eigenvalue weighted by molar-refractivity contribution is 5.92. The summed E-state index contributed by atoms with van der Waals surface area (Å²) in [6.45, 7) is 7.32. The molecule has 1 unspecified atom stereocenters. The van der Waals surface area contributed by atoms with Crippen LogP contribution in [0.15, 0.2) is 24.3 Å². The number of benzene rings is 1. The molecule has 1 aromatic rings. The Balaban J connectivity index is 2.02. The van der Waals surface area contributed by atoms with Crippen molar-refractivity contribution in [3.63, 3.8) is 0 Å². The summed E-state index contributed by atoms with van der Waals surface area (Å²) >= 11 is 0. The second kappa shape index (κ2) is 6.56. The summed E-state index contributed by atoms with van der Waals surface area (Å²) in [7, 11) is 1.69. The highest BCUT2D eigenvalue weighted by Crippen LogP contribution is 2.22. The largest absolute Gasteiger partial charge is 0.382 e. The smallest absolute Gasteiger partial charge is 0.248 e. The van der Waals surface area contributed by atoms with E-state index in [4.69, 9.17) is 15.2 Å². The van der Waals surface area contributed by atoms with Crippen molar-refractivity contribution in [2.45, 2.75) is 32.1 Å². The molecular formula is C16H24N2O3. The van der Waals surface area contributed by atoms with Crippen LogP contribution in [0, 0.1) is 0 Å². The first-order valence-electron chi connectivity index (χ1n) is 7.17. The van der Waals surface area contributed by atoms with Gasteiger partial charge in [-0.05, 0) is 31.5 Å². The number of carbonyl (C=O) groups excluding carboxylic acids is 1. The molecule has 0 radical (unpaired) electrons. The highest BCUT2D eigenvalue weighted by atomic mass is 16.5. The summed E-state index contributed by atoms with van der Waals surface area (Å²) in [5.74, 6) is -0.394. The van der Waals surface area contributed by atoms with Crippen molar-refractivity contribution >= 4 is 5.91 Å². The van der Waals surface area contributed by atoms with Gasteiger partial charge in [-0.2, -0.15) is 0 Å². The van der Waals surface area contributed by atoms with E-state index < -0.39 is 5.91 Å². The number of rotatable bonds is 5. The Morgan fingerprint density at radius 1 is 1.43 bits per heavy atom. The van der Waals surface area contributed by atoms with E-state index in [0.29, 0.717) is 12.2 Å². The van der Waals surface area contributed by atoms with E-state index in [-0.39, 0.29) is 11.7 Å². The number of nitrogens with two attached hydrogens (primary N) is 1. The topological polar surface area (TPSA) is 64.8 Å². The number of amides is 1. The number of ether oxygens (including phenoxy) is 2. The third-order valence-electron chi connectivity index (χ3n) is 3.55. The molecule has 2 rings (SSSR count). The molecule has 116 valence electrons. The van der Waals surface area contributed by atoms with Crippen molar-refractivity contribution in [2.24, 2.45) is 5.73 Å². The van der Waals surface area contributed by atoms with Crippen molar-refractivity contribution < 1.29 is 14.3 Å². The summed E-state index contributed by atoms with van der Waals surface area (Å²) in [4.78, 5) is 13.4. The fraction of sp³-hybridized carbons (Fsp3) is 0.562. The Labute approximate surface area is 126 Å². The SMILES string of the molecule is COCC1CN(Cc2ccc(C(N)=O)cc2)CC(C)(C)O1. The molecule has 0 bridgehead atoms. The van der Waals surface area contributed by atoms with E-state index in [0.717, 1.165) is 25.2 Å². The molecule has 0 aromatic heterocycles. The fourth-order valence-electron chi connectivity index (χ4n) is 2.84. The average molecular weight is 292 g/mol. The first-order chi connectivity index (χ1) is 9.89. The van der Waals surface area contributed by atoms with Crippen LogP contribution in [-0.4, -0.2) is 49.3 Å². The van der Waals surface area contributed by atoms with E-state index in [9.17, 15) is 4.79 Å². The Morgan fingerprint density at radius 3 is 2.67 bits per heavy atom. The van der Waals surface area contributed by atoms with E-state index in [1.165, 1.54) is 0 Å². The molecule has 0 saturated carbocycles. The molecule has 1 amide bonds. The quantitative estimate of drug-likeness (QED) is 0.891. The third kappa shape index (κ3) is 4.52. The average Bonchev–Trinajstić information content (AvgIpc) is 2.37. The standard InChI is InChI=1S/C16H24N2O3/c1-16(2)11-18(9-14(21-16)10-20-3)8-12-4-6-13(7-5-12)15(17)19/h4-7,14H,8-11H2,1-3H3,(H2,17,19). The zero-order valence-electron chi connectivity index (χ0n) is 13.0. The lowest BCUT2D eigenvalue weighted by atomic mass is 10.0. The van der Waals surface area contributed by atoms with Gasteiger partial charge in [-0.1, -0.05) is 12.1 Å². The number of primary amides is 1. The van der Waals surface area contributed by atoms with Crippen LogP contribution in [0.1, 0.15) is 29.8 Å². The molecule has 1 aromatic carbocycles. The van der Waals surface area contributed by atoms with Gasteiger partial charge in [0.15, 0.2) is 0 Å². The summed E-state index contributed by atoms with van der Waals surface area (Å²) in [5, 5.41) is 0. The van der Waals surface area contributed by atoms with Crippen molar-refractivity contribution in [3.05, 3.63) is 35.4 Å². The molecule has 5 heteroatoms. The molecule has 0 aliphatic carbocycles. The zero-order chi connectivity index (χ0) is 15.5. The molecule has 1 aliphatic rings. The zero-order valence-corrected chi connectivity index (χ0v) is 13.0. The fourth-order valence-corrected chi connectivity index (χ4v) is 2.84. The second-order valence-electron chi connectivity index (χ2n) is 6.19. The van der Waals surface area contributed by atoms with Crippen LogP contribution in [0.5, 0.6) is 0 Å². The van der Waals surface area contributed by atoms with E-state index in [2.05, 4.69) is 18.7 Å². The minimum Gasteiger partial charge on any atom is -0.382 e. The summed E-state index contributed by atoms with van der Waals surface area (Å²) in [6.07, 6.45) is 0.0867. The molecule has 1 heterocycles. The number of carbonyl (C=O) groups is 1. The summed E-state index contributed by atoms with van der Waals surface area (Å²) in [5.41, 5.74) is 6.77. The van der Waals surface area contributed by atoms with Crippen molar-refractivity contribution in [2.75, 3.05) is 26.8 Å². The van der Waals surface area contributed by atoms with E-state index in [1.54, 1.807) is 19.2 Å². The van der Waals surface area contributed by atoms with Gasteiger partial charge in [0, 0.05) is 32.3 Å². The van der Waals surface area contributed by atoms with Crippen LogP contribution in [0.4, 0.5) is 0 Å². The predicted molar refractivity (Wildman–Crippen MR) is 81.1 cm³/mol. The Morgan fingerprint density at radius 2 is 2.10 bits per heavy atom. The van der Waals surface area contributed by atoms with Crippen LogP contribution < -0.4 is 5.73 Å². The monoisotopic (exact) mass is 292 g/mol. The van der Waals surface area contributed by atoms with Gasteiger partial charge in [0.1, 0.15) is 0 Å². The van der Waals surface area contributed by atoms with Gasteiger partial charge in [-0.3, -0.25) is 9.69 Å². The van der Waals surface area contributed by atoms with Crippen molar-refractivity contribution in [1.29, 1.82) is 0 Å². The number of hydrogen-bond donors (Lipinski definition) is 1. The Bertz CT molecular complexity index is 485. The molecular weight excluding hydrogens is 268 g/mol. The number of nitrogens with zero attached hydrogens (tertiary/aromatic N) is 1. The van der Waals surface area contributed by atoms with Gasteiger partial charge >= 0.3 is 0 Å². The maximum absolute atomic E-state index is 11.1. The lowest BCUT2D eigenvalue weighted by Crippen LogP contribution is -2.53. The van der Waals surface area contributed by atoms with Crippen LogP contribution in [0.3, 0.4) is 0 Å². The molecule has 21 heavy (non-hydrogen) atoms. The molecule has 1 saturated heterocycles. The number of hydrogen-bond acceptors (Lipinski definition) is 4. The van der Waals surface area contributed by atoms with Crippen molar-refractivity contribution in [3.8, 4) is 0 Å². The molecule has 1 atom stereocenters. The molecule has 5 nitrogen and oxygen atoms in total. The van der Waals surface area contributed by atoms with Crippen LogP contribution >= 0.6 is 0 Å². The minimum absolute atomic E-state index is 0.0867. The third-order valence-corrected chi connectivity index (χ3v) is 3.55. The van der Waals surface area contributed by atoms with Crippen LogP contribution in [0.2, 0.25) is 0 Å². The van der Waals surface area contributed by atoms with Gasteiger partial charge in [0.05, 0.1) is 18.3 Å². The molecule has 0 spiro atoms. The van der Waals surface area contributed by atoms with Gasteiger partial charge in [-0.25, -0.2) is 0 Å². The van der Waals surface area contributed by atoms with Gasteiger partial charge in [0.25, 0.3) is 0 Å². The molecule has 2 N–H and O–H groups in total. The van der Waals surface area contributed by atoms with Crippen LogP contribution in [0.25, 0.3) is 0 Å². The van der Waals surface area contributed by atoms with Gasteiger partial charge in [0.2, 0.25) is 5.91 Å². The number of morpholine rings is 1. The number of methoxy groups -OCH3 is 1. The Hall–Kier alpha value is -1.43. The second-order valence-corrected chi connectivity index (χ2v) is 6.19. The first kappa shape index (κ1) is 15.9.